The van der Waals surface area contributed by atoms with Crippen LogP contribution in [0.5, 0.6) is 0 Å². The van der Waals surface area contributed by atoms with E-state index >= 15 is 0 Å². The molecule has 3 heterocycles. The van der Waals surface area contributed by atoms with Crippen LogP contribution in [-0.2, 0) is 4.79 Å². The molecule has 6 nitrogen and oxygen atoms in total. The van der Waals surface area contributed by atoms with Crippen LogP contribution in [0.15, 0.2) is 28.7 Å². The number of piperidine rings is 1. The first-order valence-electron chi connectivity index (χ1n) is 7.80. The standard InChI is InChI=1S/C17H15N3O3/c1-8-18-14-10-4-2-3-5-13(10)23-15(14)16(19-8)20-11-6-9(11)7-12(20)17(21)22/h2-5,9,11-12H,6-7H2,1H3,(H,21,22)/t9-,11-,12-/m0/s1. The van der Waals surface area contributed by atoms with Crippen LogP contribution < -0.4 is 4.90 Å². The third kappa shape index (κ3) is 1.72. The molecule has 1 saturated heterocycles. The van der Waals surface area contributed by atoms with Crippen LogP contribution in [0.4, 0.5) is 5.82 Å². The highest BCUT2D eigenvalue weighted by atomic mass is 16.4. The van der Waals surface area contributed by atoms with E-state index in [1.807, 2.05) is 36.1 Å². The van der Waals surface area contributed by atoms with Crippen molar-refractivity contribution < 1.29 is 14.3 Å². The number of carboxylic acid groups (broad SMARTS) is 1. The molecule has 1 aliphatic carbocycles. The van der Waals surface area contributed by atoms with Crippen LogP contribution in [0.1, 0.15) is 18.7 Å². The fourth-order valence-corrected chi connectivity index (χ4v) is 3.84. The zero-order valence-electron chi connectivity index (χ0n) is 12.6. The highest BCUT2D eigenvalue weighted by Crippen LogP contribution is 2.51. The molecular weight excluding hydrogens is 294 g/mol. The van der Waals surface area contributed by atoms with E-state index in [0.717, 1.165) is 22.9 Å². The summed E-state index contributed by atoms with van der Waals surface area (Å²) in [5.41, 5.74) is 2.11. The molecule has 5 rings (SSSR count). The van der Waals surface area contributed by atoms with E-state index in [1.165, 1.54) is 0 Å². The van der Waals surface area contributed by atoms with E-state index in [0.29, 0.717) is 29.6 Å². The number of benzene rings is 1. The number of anilines is 1. The van der Waals surface area contributed by atoms with Crippen molar-refractivity contribution in [2.45, 2.75) is 31.8 Å². The zero-order chi connectivity index (χ0) is 15.7. The van der Waals surface area contributed by atoms with Crippen molar-refractivity contribution in [1.82, 2.24) is 9.97 Å². The van der Waals surface area contributed by atoms with E-state index in [-0.39, 0.29) is 6.04 Å². The molecular formula is C17H15N3O3. The maximum atomic E-state index is 11.6. The van der Waals surface area contributed by atoms with Crippen molar-refractivity contribution in [2.75, 3.05) is 4.90 Å². The highest BCUT2D eigenvalue weighted by molar-refractivity contribution is 6.06. The number of furan rings is 1. The lowest BCUT2D eigenvalue weighted by molar-refractivity contribution is -0.138. The monoisotopic (exact) mass is 309 g/mol. The first-order chi connectivity index (χ1) is 11.1. The number of hydrogen-bond donors (Lipinski definition) is 1. The minimum atomic E-state index is -0.794. The second-order valence-corrected chi connectivity index (χ2v) is 6.43. The van der Waals surface area contributed by atoms with Crippen LogP contribution >= 0.6 is 0 Å². The fraction of sp³-hybridized carbons (Fsp3) is 0.353. The third-order valence-corrected chi connectivity index (χ3v) is 4.95. The van der Waals surface area contributed by atoms with Crippen molar-refractivity contribution in [1.29, 1.82) is 0 Å². The maximum absolute atomic E-state index is 11.6. The average Bonchev–Trinajstić information content (AvgIpc) is 3.04. The van der Waals surface area contributed by atoms with Gasteiger partial charge < -0.3 is 14.4 Å². The Hall–Kier alpha value is -2.63. The van der Waals surface area contributed by atoms with Crippen molar-refractivity contribution >= 4 is 33.9 Å². The number of hydrogen-bond acceptors (Lipinski definition) is 5. The first kappa shape index (κ1) is 12.9. The van der Waals surface area contributed by atoms with Crippen molar-refractivity contribution in [2.24, 2.45) is 5.92 Å². The number of aromatic nitrogens is 2. The number of rotatable bonds is 2. The number of fused-ring (bicyclic) bond motifs is 4. The lowest BCUT2D eigenvalue weighted by Crippen LogP contribution is -2.39. The molecule has 23 heavy (non-hydrogen) atoms. The van der Waals surface area contributed by atoms with Crippen molar-refractivity contribution in [3.8, 4) is 0 Å². The summed E-state index contributed by atoms with van der Waals surface area (Å²) >= 11 is 0. The number of carbonyl (C=O) groups is 1. The smallest absolute Gasteiger partial charge is 0.326 e. The van der Waals surface area contributed by atoms with Gasteiger partial charge in [-0.3, -0.25) is 0 Å². The van der Waals surface area contributed by atoms with Gasteiger partial charge in [0.2, 0.25) is 0 Å². The Morgan fingerprint density at radius 1 is 1.30 bits per heavy atom. The summed E-state index contributed by atoms with van der Waals surface area (Å²) in [6.07, 6.45) is 1.72. The Kier molecular flexibility index (Phi) is 2.36. The lowest BCUT2D eigenvalue weighted by atomic mass is 10.1. The molecule has 0 radical (unpaired) electrons. The second-order valence-electron chi connectivity index (χ2n) is 6.43. The molecule has 0 amide bonds. The highest BCUT2D eigenvalue weighted by Gasteiger charge is 2.55. The topological polar surface area (TPSA) is 79.5 Å². The van der Waals surface area contributed by atoms with Gasteiger partial charge in [0.15, 0.2) is 11.4 Å². The Morgan fingerprint density at radius 3 is 2.96 bits per heavy atom. The van der Waals surface area contributed by atoms with Crippen LogP contribution in [0.25, 0.3) is 22.1 Å². The number of carboxylic acids is 1. The summed E-state index contributed by atoms with van der Waals surface area (Å²) < 4.78 is 5.99. The van der Waals surface area contributed by atoms with Gasteiger partial charge in [-0.05, 0) is 37.8 Å². The summed E-state index contributed by atoms with van der Waals surface area (Å²) in [5, 5.41) is 10.5. The number of aliphatic carboxylic acids is 1. The normalized spacial score (nSPS) is 26.0. The van der Waals surface area contributed by atoms with E-state index in [1.54, 1.807) is 0 Å². The second kappa shape index (κ2) is 4.22. The van der Waals surface area contributed by atoms with Crippen molar-refractivity contribution in [3.05, 3.63) is 30.1 Å². The summed E-state index contributed by atoms with van der Waals surface area (Å²) in [6.45, 7) is 1.83. The molecule has 0 spiro atoms. The summed E-state index contributed by atoms with van der Waals surface area (Å²) in [5.74, 6) is 0.928. The predicted molar refractivity (Wildman–Crippen MR) is 84.5 cm³/mol. The van der Waals surface area contributed by atoms with Gasteiger partial charge in [0, 0.05) is 11.4 Å². The van der Waals surface area contributed by atoms with Gasteiger partial charge in [-0.1, -0.05) is 12.1 Å². The van der Waals surface area contributed by atoms with Crippen molar-refractivity contribution in [3.63, 3.8) is 0 Å². The van der Waals surface area contributed by atoms with Gasteiger partial charge in [0.1, 0.15) is 23.0 Å². The average molecular weight is 309 g/mol. The predicted octanol–water partition coefficient (Wildman–Crippen LogP) is 2.74. The van der Waals surface area contributed by atoms with Gasteiger partial charge >= 0.3 is 5.97 Å². The Morgan fingerprint density at radius 2 is 2.13 bits per heavy atom. The quantitative estimate of drug-likeness (QED) is 0.784. The lowest BCUT2D eigenvalue weighted by Gasteiger charge is -2.25. The Bertz CT molecular complexity index is 964. The summed E-state index contributed by atoms with van der Waals surface area (Å²) in [6, 6.07) is 7.47. The number of nitrogens with zero attached hydrogens (tertiary/aromatic N) is 3. The first-order valence-corrected chi connectivity index (χ1v) is 7.80. The van der Waals surface area contributed by atoms with E-state index in [9.17, 15) is 9.90 Å². The maximum Gasteiger partial charge on any atom is 0.326 e. The van der Waals surface area contributed by atoms with E-state index in [2.05, 4.69) is 9.97 Å². The van der Waals surface area contributed by atoms with Crippen LogP contribution in [-0.4, -0.2) is 33.1 Å². The van der Waals surface area contributed by atoms with Crippen LogP contribution in [0.2, 0.25) is 0 Å². The summed E-state index contributed by atoms with van der Waals surface area (Å²) in [4.78, 5) is 22.6. The fourth-order valence-electron chi connectivity index (χ4n) is 3.84. The minimum Gasteiger partial charge on any atom is -0.480 e. The molecule has 2 aliphatic rings. The Labute approximate surface area is 131 Å². The van der Waals surface area contributed by atoms with E-state index in [4.69, 9.17) is 4.42 Å². The molecule has 0 bridgehead atoms. The minimum absolute atomic E-state index is 0.266. The molecule has 6 heteroatoms. The number of para-hydroxylation sites is 1. The van der Waals surface area contributed by atoms with Crippen LogP contribution in [0.3, 0.4) is 0 Å². The van der Waals surface area contributed by atoms with Gasteiger partial charge in [-0.2, -0.15) is 0 Å². The molecule has 1 aromatic carbocycles. The third-order valence-electron chi connectivity index (χ3n) is 4.95. The molecule has 3 aromatic rings. The van der Waals surface area contributed by atoms with E-state index < -0.39 is 12.0 Å². The van der Waals surface area contributed by atoms with Gasteiger partial charge in [0.05, 0.1) is 0 Å². The summed E-state index contributed by atoms with van der Waals surface area (Å²) in [7, 11) is 0. The van der Waals surface area contributed by atoms with Gasteiger partial charge in [0.25, 0.3) is 0 Å². The zero-order valence-corrected chi connectivity index (χ0v) is 12.6. The van der Waals surface area contributed by atoms with Gasteiger partial charge in [-0.15, -0.1) is 0 Å². The van der Waals surface area contributed by atoms with Gasteiger partial charge in [-0.25, -0.2) is 14.8 Å². The van der Waals surface area contributed by atoms with Crippen LogP contribution in [0, 0.1) is 12.8 Å². The Balaban J connectivity index is 1.79. The molecule has 2 aromatic heterocycles. The molecule has 3 atom stereocenters. The molecule has 1 aliphatic heterocycles. The molecule has 0 unspecified atom stereocenters. The molecule has 1 N–H and O–H groups in total. The molecule has 116 valence electrons. The largest absolute Gasteiger partial charge is 0.480 e. The molecule has 1 saturated carbocycles. The molecule has 2 fully saturated rings. The SMILES string of the molecule is Cc1nc(N2[C@H](C(=O)O)C[C@@H]3C[C@@H]32)c2oc3ccccc3c2n1. The number of aryl methyl sites for hydroxylation is 1.